The van der Waals surface area contributed by atoms with Crippen LogP contribution in [0.3, 0.4) is 0 Å². The number of nitrogens with one attached hydrogen (secondary N) is 4. The van der Waals surface area contributed by atoms with Crippen molar-refractivity contribution in [2.75, 3.05) is 138 Å². The number of fused-ring (bicyclic) bond motifs is 2. The fourth-order valence-corrected chi connectivity index (χ4v) is 9.85. The van der Waals surface area contributed by atoms with Crippen molar-refractivity contribution in [3.63, 3.8) is 0 Å². The smallest absolute Gasteiger partial charge is 0.322 e. The third-order valence-electron chi connectivity index (χ3n) is 14.6. The Labute approximate surface area is 513 Å². The number of urea groups is 1. The van der Waals surface area contributed by atoms with Gasteiger partial charge in [-0.25, -0.2) is 9.80 Å². The number of carbonyl (C=O) groups excluding carboxylic acids is 7. The second-order valence-electron chi connectivity index (χ2n) is 21.0. The maximum absolute atomic E-state index is 14.3. The summed E-state index contributed by atoms with van der Waals surface area (Å²) < 4.78 is 43.2. The fraction of sp³-hybridized carbons (Fsp3) is 0.524. The molecule has 4 N–H and O–H groups in total. The third kappa shape index (κ3) is 23.2. The van der Waals surface area contributed by atoms with Crippen LogP contribution in [0.1, 0.15) is 86.0 Å². The number of carbonyl (C=O) groups is 7. The summed E-state index contributed by atoms with van der Waals surface area (Å²) in [5.41, 5.74) is 5.96. The zero-order valence-corrected chi connectivity index (χ0v) is 50.3. The van der Waals surface area contributed by atoms with Gasteiger partial charge >= 0.3 is 6.03 Å². The van der Waals surface area contributed by atoms with Gasteiger partial charge in [-0.3, -0.25) is 43.6 Å². The minimum absolute atomic E-state index is 0.113. The van der Waals surface area contributed by atoms with Gasteiger partial charge in [0.05, 0.1) is 116 Å². The van der Waals surface area contributed by atoms with Crippen molar-refractivity contribution in [1.82, 2.24) is 40.7 Å². The highest BCUT2D eigenvalue weighted by molar-refractivity contribution is 6.14. The number of aromatic nitrogens is 2. The molecule has 0 spiro atoms. The Kier molecular flexibility index (Phi) is 29.8. The monoisotopic (exact) mass is 1220 g/mol. The summed E-state index contributed by atoms with van der Waals surface area (Å²) in [6.07, 6.45) is 11.9. The highest BCUT2D eigenvalue weighted by Gasteiger charge is 2.34. The molecule has 7 rings (SSSR count). The Morgan fingerprint density at radius 3 is 1.90 bits per heavy atom. The van der Waals surface area contributed by atoms with Crippen LogP contribution >= 0.6 is 0 Å². The minimum atomic E-state index is -0.958. The summed E-state index contributed by atoms with van der Waals surface area (Å²) in [7, 11) is 1.63. The quantitative estimate of drug-likeness (QED) is 0.0352. The second-order valence-corrected chi connectivity index (χ2v) is 21.0. The van der Waals surface area contributed by atoms with Gasteiger partial charge in [0.25, 0.3) is 17.7 Å². The van der Waals surface area contributed by atoms with Crippen molar-refractivity contribution in [2.45, 2.75) is 82.8 Å². The number of hydrogen-bond donors (Lipinski definition) is 4. The molecule has 88 heavy (non-hydrogen) atoms. The van der Waals surface area contributed by atoms with E-state index in [1.54, 1.807) is 35.6 Å². The normalized spacial score (nSPS) is 15.0. The van der Waals surface area contributed by atoms with Crippen LogP contribution < -0.4 is 21.3 Å². The highest BCUT2D eigenvalue weighted by atomic mass is 16.6. The van der Waals surface area contributed by atoms with E-state index in [9.17, 15) is 33.6 Å². The van der Waals surface area contributed by atoms with E-state index in [4.69, 9.17) is 43.0 Å². The summed E-state index contributed by atoms with van der Waals surface area (Å²) in [5, 5.41) is 18.8. The Balaban J connectivity index is 0.770. The first-order chi connectivity index (χ1) is 43.1. The van der Waals surface area contributed by atoms with E-state index in [-0.39, 0.29) is 37.3 Å². The van der Waals surface area contributed by atoms with Gasteiger partial charge in [0.15, 0.2) is 0 Å². The van der Waals surface area contributed by atoms with Crippen molar-refractivity contribution in [1.29, 1.82) is 0 Å². The maximum Gasteiger partial charge on any atom is 0.322 e. The predicted octanol–water partition coefficient (Wildman–Crippen LogP) is 4.42. The molecule has 1 unspecified atom stereocenters. The third-order valence-corrected chi connectivity index (χ3v) is 14.6. The standard InChI is InChI=1S/C63H84N10O15/c1-81-28-29-83-32-33-85-36-37-87-40-41-88-39-38-86-35-34-84-31-30-82-27-21-57(74)66-22-6-4-12-55(69-58(75)46-72-59(76)18-19-60(72)77)61(78)67-23-5-2-3-7-26-73-62(79)53(51-10-8-13-54-52(51)11-9-24-65-54)42-56(70-73)47-14-16-50(17-15-47)68-63(80)71-44-48-20-25-64-43-49(48)45-71/h8-11,13-20,24-25,43,53,55H,2-7,12,21-23,26-42,44-46H2,1H3,(H,66,74)(H,67,78)(H,68,80)(H,69,75)/t53?,55-/m0/s1. The molecule has 476 valence electrons. The Hall–Kier alpha value is -7.62. The molecule has 2 aromatic heterocycles. The topological polar surface area (TPSA) is 289 Å². The van der Waals surface area contributed by atoms with Gasteiger partial charge in [-0.1, -0.05) is 43.2 Å². The van der Waals surface area contributed by atoms with Crippen LogP contribution in [0.2, 0.25) is 0 Å². The molecule has 0 saturated heterocycles. The number of hydrogen-bond acceptors (Lipinski definition) is 18. The fourth-order valence-electron chi connectivity index (χ4n) is 9.85. The predicted molar refractivity (Wildman–Crippen MR) is 325 cm³/mol. The first kappa shape index (κ1) is 67.9. The number of amides is 8. The molecule has 4 aromatic rings. The van der Waals surface area contributed by atoms with Crippen LogP contribution in [-0.4, -0.2) is 210 Å². The van der Waals surface area contributed by atoms with E-state index >= 15 is 0 Å². The van der Waals surface area contributed by atoms with Gasteiger partial charge in [0.2, 0.25) is 17.7 Å². The van der Waals surface area contributed by atoms with Crippen molar-refractivity contribution in [2.24, 2.45) is 5.10 Å². The number of unbranched alkanes of at least 4 members (excludes halogenated alkanes) is 4. The molecule has 3 aliphatic heterocycles. The number of anilines is 1. The lowest BCUT2D eigenvalue weighted by molar-refractivity contribution is -0.141. The number of pyridine rings is 2. The molecule has 25 nitrogen and oxygen atoms in total. The summed E-state index contributed by atoms with van der Waals surface area (Å²) in [5.74, 6) is -3.12. The van der Waals surface area contributed by atoms with Crippen LogP contribution in [-0.2, 0) is 79.8 Å². The molecule has 2 aromatic carbocycles. The molecular formula is C63H84N10O15. The lowest BCUT2D eigenvalue weighted by Crippen LogP contribution is -2.50. The molecule has 0 bridgehead atoms. The molecule has 0 fully saturated rings. The SMILES string of the molecule is COCCOCCOCCOCCOCCOCCOCCOCCC(=O)NCCCC[C@H](NC(=O)CN1C(=O)C=CC1=O)C(=O)NCCCCCCN1N=C(c2ccc(NC(=O)N3Cc4ccncc4C3)cc2)CC(c2cccc3ncccc23)C1=O. The lowest BCUT2D eigenvalue weighted by atomic mass is 9.86. The van der Waals surface area contributed by atoms with Crippen LogP contribution in [0.25, 0.3) is 10.9 Å². The Morgan fingerprint density at radius 1 is 0.625 bits per heavy atom. The van der Waals surface area contributed by atoms with E-state index in [1.807, 2.05) is 60.7 Å². The highest BCUT2D eigenvalue weighted by Crippen LogP contribution is 2.34. The van der Waals surface area contributed by atoms with Gasteiger partial charge in [0, 0.05) is 94.5 Å². The number of ether oxygens (including phenoxy) is 8. The number of hydrazone groups is 1. The minimum Gasteiger partial charge on any atom is -0.382 e. The van der Waals surface area contributed by atoms with Crippen LogP contribution in [0, 0.1) is 0 Å². The zero-order valence-electron chi connectivity index (χ0n) is 50.3. The summed E-state index contributed by atoms with van der Waals surface area (Å²) in [6, 6.07) is 17.9. The van der Waals surface area contributed by atoms with Gasteiger partial charge in [0.1, 0.15) is 12.6 Å². The molecule has 5 heterocycles. The summed E-state index contributed by atoms with van der Waals surface area (Å²) >= 11 is 0. The van der Waals surface area contributed by atoms with E-state index < -0.39 is 42.1 Å². The number of methoxy groups -OCH3 is 1. The van der Waals surface area contributed by atoms with Crippen molar-refractivity contribution in [3.05, 3.63) is 114 Å². The maximum atomic E-state index is 14.3. The average Bonchev–Trinajstić information content (AvgIpc) is 2.90. The van der Waals surface area contributed by atoms with Crippen LogP contribution in [0.5, 0.6) is 0 Å². The number of nitrogens with zero attached hydrogens (tertiary/aromatic N) is 6. The first-order valence-electron chi connectivity index (χ1n) is 30.3. The van der Waals surface area contributed by atoms with Crippen molar-refractivity contribution in [3.8, 4) is 0 Å². The van der Waals surface area contributed by atoms with E-state index in [0.717, 1.165) is 68.8 Å². The molecule has 25 heteroatoms. The van der Waals surface area contributed by atoms with Gasteiger partial charge in [-0.15, -0.1) is 0 Å². The average molecular weight is 1220 g/mol. The summed E-state index contributed by atoms with van der Waals surface area (Å²) in [4.78, 5) is 102. The molecule has 0 radical (unpaired) electrons. The zero-order chi connectivity index (χ0) is 62.0. The van der Waals surface area contributed by atoms with Crippen molar-refractivity contribution >= 4 is 63.8 Å². The van der Waals surface area contributed by atoms with Crippen LogP contribution in [0.15, 0.2) is 96.5 Å². The van der Waals surface area contributed by atoms with E-state index in [2.05, 4.69) is 31.2 Å². The number of benzene rings is 2. The molecular weight excluding hydrogens is 1140 g/mol. The van der Waals surface area contributed by atoms with Crippen LogP contribution in [0.4, 0.5) is 10.5 Å². The molecule has 0 saturated carbocycles. The largest absolute Gasteiger partial charge is 0.382 e. The van der Waals surface area contributed by atoms with E-state index in [1.165, 1.54) is 0 Å². The molecule has 2 atom stereocenters. The molecule has 0 aliphatic carbocycles. The van der Waals surface area contributed by atoms with Gasteiger partial charge < -0.3 is 64.1 Å². The number of rotatable bonds is 43. The Morgan fingerprint density at radius 2 is 1.24 bits per heavy atom. The number of imide groups is 1. The Bertz CT molecular complexity index is 2880. The van der Waals surface area contributed by atoms with Crippen molar-refractivity contribution < 1.29 is 71.5 Å². The molecule has 8 amide bonds. The summed E-state index contributed by atoms with van der Waals surface area (Å²) in [6.45, 7) is 8.05. The van der Waals surface area contributed by atoms with Gasteiger partial charge in [-0.05, 0) is 84.7 Å². The second kappa shape index (κ2) is 38.6. The van der Waals surface area contributed by atoms with E-state index in [0.29, 0.717) is 163 Å². The van der Waals surface area contributed by atoms with Gasteiger partial charge in [-0.2, -0.15) is 5.10 Å². The first-order valence-corrected chi connectivity index (χ1v) is 30.3. The molecule has 3 aliphatic rings. The lowest BCUT2D eigenvalue weighted by Gasteiger charge is -2.30.